The van der Waals surface area contributed by atoms with Gasteiger partial charge in [-0.25, -0.2) is 0 Å². The van der Waals surface area contributed by atoms with Crippen molar-refractivity contribution in [3.8, 4) is 0 Å². The van der Waals surface area contributed by atoms with Crippen LogP contribution in [0.5, 0.6) is 0 Å². The summed E-state index contributed by atoms with van der Waals surface area (Å²) in [4.78, 5) is 2.57. The Morgan fingerprint density at radius 3 is 2.50 bits per heavy atom. The van der Waals surface area contributed by atoms with E-state index in [9.17, 15) is 0 Å². The van der Waals surface area contributed by atoms with E-state index in [2.05, 4.69) is 17.1 Å². The second-order valence-corrected chi connectivity index (χ2v) is 5.85. The first-order valence-electron chi connectivity index (χ1n) is 7.96. The second-order valence-electron chi connectivity index (χ2n) is 5.85. The Kier molecular flexibility index (Phi) is 6.46. The highest BCUT2D eigenvalue weighted by Crippen LogP contribution is 2.20. The van der Waals surface area contributed by atoms with Crippen molar-refractivity contribution < 1.29 is 4.74 Å². The number of ether oxygens (including phenoxy) is 1. The maximum Gasteiger partial charge on any atom is 0.0597 e. The maximum atomic E-state index is 5.94. The lowest BCUT2D eigenvalue weighted by atomic mass is 10.1. The number of hydrogen-bond acceptors (Lipinski definition) is 3. The first-order valence-corrected chi connectivity index (χ1v) is 7.96. The van der Waals surface area contributed by atoms with Crippen LogP contribution in [0.4, 0.5) is 0 Å². The minimum absolute atomic E-state index is 0.578. The molecule has 2 aliphatic rings. The molecule has 1 saturated heterocycles. The summed E-state index contributed by atoms with van der Waals surface area (Å²) in [6.07, 6.45) is 9.78. The molecule has 0 aromatic heterocycles. The van der Waals surface area contributed by atoms with Gasteiger partial charge in [0.05, 0.1) is 12.7 Å². The van der Waals surface area contributed by atoms with Crippen LogP contribution in [0.15, 0.2) is 0 Å². The molecule has 106 valence electrons. The zero-order valence-electron chi connectivity index (χ0n) is 12.0. The Bertz CT molecular complexity index is 209. The third-order valence-electron chi connectivity index (χ3n) is 4.33. The first kappa shape index (κ1) is 14.3. The Balaban J connectivity index is 1.50. The Morgan fingerprint density at radius 2 is 1.83 bits per heavy atom. The van der Waals surface area contributed by atoms with Gasteiger partial charge >= 0.3 is 0 Å². The van der Waals surface area contributed by atoms with Gasteiger partial charge in [-0.05, 0) is 51.7 Å². The van der Waals surface area contributed by atoms with Crippen LogP contribution in [0.1, 0.15) is 51.9 Å². The van der Waals surface area contributed by atoms with E-state index in [0.717, 1.165) is 19.2 Å². The van der Waals surface area contributed by atoms with Gasteiger partial charge in [-0.2, -0.15) is 0 Å². The SMILES string of the molecule is CCCNC1CCN(CCOC2CCCC2)CC1. The van der Waals surface area contributed by atoms with Crippen LogP contribution in [-0.2, 0) is 4.74 Å². The molecule has 3 heteroatoms. The quantitative estimate of drug-likeness (QED) is 0.755. The average molecular weight is 254 g/mol. The summed E-state index contributed by atoms with van der Waals surface area (Å²) in [6.45, 7) is 7.98. The molecule has 0 aromatic rings. The highest BCUT2D eigenvalue weighted by Gasteiger charge is 2.19. The third-order valence-corrected chi connectivity index (χ3v) is 4.33. The molecule has 0 bridgehead atoms. The molecule has 1 heterocycles. The highest BCUT2D eigenvalue weighted by molar-refractivity contribution is 4.77. The topological polar surface area (TPSA) is 24.5 Å². The second kappa shape index (κ2) is 8.13. The Hall–Kier alpha value is -0.120. The van der Waals surface area contributed by atoms with Crippen LogP contribution < -0.4 is 5.32 Å². The summed E-state index contributed by atoms with van der Waals surface area (Å²) < 4.78 is 5.94. The van der Waals surface area contributed by atoms with Crippen molar-refractivity contribution >= 4 is 0 Å². The van der Waals surface area contributed by atoms with Gasteiger partial charge in [0.2, 0.25) is 0 Å². The monoisotopic (exact) mass is 254 g/mol. The van der Waals surface area contributed by atoms with Gasteiger partial charge in [-0.15, -0.1) is 0 Å². The fourth-order valence-corrected chi connectivity index (χ4v) is 3.11. The Labute approximate surface area is 112 Å². The van der Waals surface area contributed by atoms with E-state index >= 15 is 0 Å². The molecule has 0 spiro atoms. The zero-order valence-corrected chi connectivity index (χ0v) is 12.0. The maximum absolute atomic E-state index is 5.94. The lowest BCUT2D eigenvalue weighted by Gasteiger charge is -2.32. The van der Waals surface area contributed by atoms with Gasteiger partial charge in [0, 0.05) is 12.6 Å². The number of hydrogen-bond donors (Lipinski definition) is 1. The highest BCUT2D eigenvalue weighted by atomic mass is 16.5. The smallest absolute Gasteiger partial charge is 0.0597 e. The number of nitrogens with one attached hydrogen (secondary N) is 1. The first-order chi connectivity index (χ1) is 8.88. The number of piperidine rings is 1. The van der Waals surface area contributed by atoms with Gasteiger partial charge in [-0.1, -0.05) is 19.8 Å². The van der Waals surface area contributed by atoms with Crippen molar-refractivity contribution in [3.05, 3.63) is 0 Å². The molecule has 1 N–H and O–H groups in total. The minimum atomic E-state index is 0.578. The predicted molar refractivity (Wildman–Crippen MR) is 76.0 cm³/mol. The van der Waals surface area contributed by atoms with Crippen LogP contribution >= 0.6 is 0 Å². The van der Waals surface area contributed by atoms with Gasteiger partial charge in [0.1, 0.15) is 0 Å². The molecule has 1 saturated carbocycles. The van der Waals surface area contributed by atoms with E-state index in [0.29, 0.717) is 6.10 Å². The molecule has 0 amide bonds. The summed E-state index contributed by atoms with van der Waals surface area (Å²) in [5.74, 6) is 0. The fourth-order valence-electron chi connectivity index (χ4n) is 3.11. The number of rotatable bonds is 7. The van der Waals surface area contributed by atoms with Crippen LogP contribution in [0.25, 0.3) is 0 Å². The van der Waals surface area contributed by atoms with Crippen molar-refractivity contribution in [1.29, 1.82) is 0 Å². The molecule has 2 fully saturated rings. The van der Waals surface area contributed by atoms with Gasteiger partial charge in [-0.3, -0.25) is 0 Å². The molecule has 3 nitrogen and oxygen atoms in total. The predicted octanol–water partition coefficient (Wildman–Crippen LogP) is 2.41. The summed E-state index contributed by atoms with van der Waals surface area (Å²) >= 11 is 0. The van der Waals surface area contributed by atoms with Gasteiger partial charge in [0.15, 0.2) is 0 Å². The van der Waals surface area contributed by atoms with Crippen molar-refractivity contribution in [1.82, 2.24) is 10.2 Å². The molecule has 0 radical (unpaired) electrons. The van der Waals surface area contributed by atoms with E-state index in [4.69, 9.17) is 4.74 Å². The fraction of sp³-hybridized carbons (Fsp3) is 1.00. The van der Waals surface area contributed by atoms with E-state index in [-0.39, 0.29) is 0 Å². The van der Waals surface area contributed by atoms with Crippen LogP contribution in [0, 0.1) is 0 Å². The number of likely N-dealkylation sites (tertiary alicyclic amines) is 1. The molecule has 1 aliphatic carbocycles. The van der Waals surface area contributed by atoms with Crippen molar-refractivity contribution in [2.75, 3.05) is 32.8 Å². The van der Waals surface area contributed by atoms with Crippen LogP contribution in [0.2, 0.25) is 0 Å². The zero-order chi connectivity index (χ0) is 12.6. The third kappa shape index (κ3) is 4.87. The van der Waals surface area contributed by atoms with Gasteiger partial charge < -0.3 is 15.0 Å². The summed E-state index contributed by atoms with van der Waals surface area (Å²) in [6, 6.07) is 0.761. The standard InChI is InChI=1S/C15H30N2O/c1-2-9-16-14-7-10-17(11-8-14)12-13-18-15-5-3-4-6-15/h14-16H,2-13H2,1H3. The molecule has 1 aliphatic heterocycles. The van der Waals surface area contributed by atoms with Crippen molar-refractivity contribution in [2.45, 2.75) is 64.0 Å². The van der Waals surface area contributed by atoms with Crippen molar-refractivity contribution in [2.24, 2.45) is 0 Å². The van der Waals surface area contributed by atoms with E-state index in [1.165, 1.54) is 64.6 Å². The normalized spacial score (nSPS) is 23.8. The van der Waals surface area contributed by atoms with E-state index in [1.807, 2.05) is 0 Å². The van der Waals surface area contributed by atoms with Crippen LogP contribution in [0.3, 0.4) is 0 Å². The van der Waals surface area contributed by atoms with Crippen molar-refractivity contribution in [3.63, 3.8) is 0 Å². The molecular weight excluding hydrogens is 224 g/mol. The van der Waals surface area contributed by atoms with E-state index in [1.54, 1.807) is 0 Å². The molecule has 0 unspecified atom stereocenters. The Morgan fingerprint density at radius 1 is 1.11 bits per heavy atom. The molecule has 18 heavy (non-hydrogen) atoms. The lowest BCUT2D eigenvalue weighted by molar-refractivity contribution is 0.0369. The summed E-state index contributed by atoms with van der Waals surface area (Å²) in [7, 11) is 0. The van der Waals surface area contributed by atoms with Crippen LogP contribution in [-0.4, -0.2) is 49.8 Å². The molecule has 0 atom stereocenters. The molecular formula is C15H30N2O. The lowest BCUT2D eigenvalue weighted by Crippen LogP contribution is -2.43. The summed E-state index contributed by atoms with van der Waals surface area (Å²) in [5, 5.41) is 3.63. The van der Waals surface area contributed by atoms with Gasteiger partial charge in [0.25, 0.3) is 0 Å². The summed E-state index contributed by atoms with van der Waals surface area (Å²) in [5.41, 5.74) is 0. The minimum Gasteiger partial charge on any atom is -0.377 e. The average Bonchev–Trinajstić information content (AvgIpc) is 2.91. The largest absolute Gasteiger partial charge is 0.377 e. The number of nitrogens with zero attached hydrogens (tertiary/aromatic N) is 1. The van der Waals surface area contributed by atoms with E-state index < -0.39 is 0 Å². The molecule has 0 aromatic carbocycles. The molecule has 2 rings (SSSR count).